The van der Waals surface area contributed by atoms with Crippen molar-refractivity contribution in [3.8, 4) is 11.5 Å². The van der Waals surface area contributed by atoms with Crippen molar-refractivity contribution in [1.29, 1.82) is 0 Å². The van der Waals surface area contributed by atoms with Gasteiger partial charge in [0.15, 0.2) is 11.5 Å². The number of likely N-dealkylation sites (tertiary alicyclic amines) is 1. The number of carbonyl (C=O) groups excluding carboxylic acids is 2. The van der Waals surface area contributed by atoms with Gasteiger partial charge in [-0.15, -0.1) is 0 Å². The van der Waals surface area contributed by atoms with Crippen LogP contribution in [0.15, 0.2) is 23.1 Å². The molecule has 2 amide bonds. The molecule has 34 heavy (non-hydrogen) atoms. The van der Waals surface area contributed by atoms with Gasteiger partial charge in [-0.25, -0.2) is 13.2 Å². The molecule has 0 spiro atoms. The minimum absolute atomic E-state index is 0.0450. The highest BCUT2D eigenvalue weighted by atomic mass is 32.2. The van der Waals surface area contributed by atoms with Crippen LogP contribution in [0.2, 0.25) is 0 Å². The van der Waals surface area contributed by atoms with Gasteiger partial charge in [-0.05, 0) is 45.7 Å². The van der Waals surface area contributed by atoms with E-state index in [1.807, 2.05) is 20.8 Å². The van der Waals surface area contributed by atoms with E-state index < -0.39 is 21.7 Å². The molecule has 11 heteroatoms. The number of sulfonamides is 1. The summed E-state index contributed by atoms with van der Waals surface area (Å²) in [5, 5.41) is 0. The molecule has 190 valence electrons. The highest BCUT2D eigenvalue weighted by Crippen LogP contribution is 2.31. The fourth-order valence-electron chi connectivity index (χ4n) is 4.20. The van der Waals surface area contributed by atoms with E-state index in [9.17, 15) is 18.0 Å². The first kappa shape index (κ1) is 26.1. The molecule has 2 saturated heterocycles. The largest absolute Gasteiger partial charge is 0.493 e. The first-order valence-corrected chi connectivity index (χ1v) is 12.9. The van der Waals surface area contributed by atoms with Crippen molar-refractivity contribution < 1.29 is 32.2 Å². The summed E-state index contributed by atoms with van der Waals surface area (Å²) in [5.74, 6) is 0.431. The molecule has 0 bridgehead atoms. The molecule has 2 aliphatic rings. The van der Waals surface area contributed by atoms with Crippen molar-refractivity contribution in [1.82, 2.24) is 14.1 Å². The number of rotatable bonds is 5. The monoisotopic (exact) mass is 497 g/mol. The van der Waals surface area contributed by atoms with Crippen molar-refractivity contribution in [2.24, 2.45) is 5.92 Å². The molecule has 0 N–H and O–H groups in total. The summed E-state index contributed by atoms with van der Waals surface area (Å²) < 4.78 is 43.5. The van der Waals surface area contributed by atoms with Crippen LogP contribution in [-0.2, 0) is 19.6 Å². The summed E-state index contributed by atoms with van der Waals surface area (Å²) >= 11 is 0. The molecule has 0 aliphatic carbocycles. The van der Waals surface area contributed by atoms with Crippen molar-refractivity contribution in [2.75, 3.05) is 53.5 Å². The summed E-state index contributed by atoms with van der Waals surface area (Å²) in [5.41, 5.74) is -0.593. The molecular formula is C23H35N3O7S. The van der Waals surface area contributed by atoms with Crippen LogP contribution in [0, 0.1) is 5.92 Å². The molecule has 2 fully saturated rings. The third-order valence-electron chi connectivity index (χ3n) is 5.97. The Morgan fingerprint density at radius 3 is 2.18 bits per heavy atom. The van der Waals surface area contributed by atoms with Crippen LogP contribution in [0.4, 0.5) is 4.79 Å². The SMILES string of the molecule is COc1ccc(S(=O)(=O)N2CCN(C(=O)C3CCCN(C(=O)OC(C)(C)C)C3)CC2)cc1OC. The van der Waals surface area contributed by atoms with Gasteiger partial charge in [-0.1, -0.05) is 0 Å². The standard InChI is InChI=1S/C23H35N3O7S/c1-23(2,3)33-22(28)25-10-6-7-17(16-25)21(27)24-11-13-26(14-12-24)34(29,30)18-8-9-19(31-4)20(15-18)32-5/h8-9,15,17H,6-7,10-14,16H2,1-5H3. The zero-order valence-electron chi connectivity index (χ0n) is 20.6. The van der Waals surface area contributed by atoms with Crippen molar-refractivity contribution in [3.05, 3.63) is 18.2 Å². The first-order chi connectivity index (χ1) is 16.0. The van der Waals surface area contributed by atoms with Crippen molar-refractivity contribution in [2.45, 2.75) is 44.1 Å². The van der Waals surface area contributed by atoms with Crippen LogP contribution in [0.1, 0.15) is 33.6 Å². The van der Waals surface area contributed by atoms with Crippen LogP contribution < -0.4 is 9.47 Å². The normalized spacial score (nSPS) is 20.1. The van der Waals surface area contributed by atoms with Gasteiger partial charge >= 0.3 is 6.09 Å². The number of methoxy groups -OCH3 is 2. The van der Waals surface area contributed by atoms with E-state index in [1.54, 1.807) is 15.9 Å². The number of piperidine rings is 1. The van der Waals surface area contributed by atoms with Gasteiger partial charge in [0.05, 0.1) is 25.0 Å². The van der Waals surface area contributed by atoms with E-state index in [0.717, 1.165) is 6.42 Å². The Balaban J connectivity index is 1.61. The van der Waals surface area contributed by atoms with Gasteiger partial charge in [-0.3, -0.25) is 4.79 Å². The fraction of sp³-hybridized carbons (Fsp3) is 0.652. The Morgan fingerprint density at radius 1 is 0.941 bits per heavy atom. The average Bonchev–Trinajstić information content (AvgIpc) is 2.82. The summed E-state index contributed by atoms with van der Waals surface area (Å²) in [6, 6.07) is 4.49. The molecule has 2 aliphatic heterocycles. The summed E-state index contributed by atoms with van der Waals surface area (Å²) in [6.07, 6.45) is 1.02. The topological polar surface area (TPSA) is 106 Å². The Kier molecular flexibility index (Phi) is 7.97. The van der Waals surface area contributed by atoms with Gasteiger partial charge in [0.2, 0.25) is 15.9 Å². The number of ether oxygens (including phenoxy) is 3. The highest BCUT2D eigenvalue weighted by molar-refractivity contribution is 7.89. The minimum atomic E-state index is -3.74. The predicted molar refractivity (Wildman–Crippen MR) is 125 cm³/mol. The van der Waals surface area contributed by atoms with Gasteiger partial charge < -0.3 is 24.0 Å². The molecule has 1 aromatic rings. The zero-order valence-corrected chi connectivity index (χ0v) is 21.4. The molecule has 0 aromatic heterocycles. The third-order valence-corrected chi connectivity index (χ3v) is 7.86. The van der Waals surface area contributed by atoms with E-state index in [2.05, 4.69) is 0 Å². The fourth-order valence-corrected chi connectivity index (χ4v) is 5.64. The lowest BCUT2D eigenvalue weighted by Crippen LogP contribution is -2.54. The Labute approximate surface area is 201 Å². The molecule has 2 heterocycles. The number of hydrogen-bond acceptors (Lipinski definition) is 7. The molecule has 1 unspecified atom stereocenters. The Bertz CT molecular complexity index is 998. The summed E-state index contributed by atoms with van der Waals surface area (Å²) in [7, 11) is -0.801. The number of piperazine rings is 1. The number of benzene rings is 1. The summed E-state index contributed by atoms with van der Waals surface area (Å²) in [4.78, 5) is 29.0. The Hall–Kier alpha value is -2.53. The first-order valence-electron chi connectivity index (χ1n) is 11.4. The molecule has 10 nitrogen and oxygen atoms in total. The minimum Gasteiger partial charge on any atom is -0.493 e. The van der Waals surface area contributed by atoms with E-state index in [-0.39, 0.29) is 29.8 Å². The quantitative estimate of drug-likeness (QED) is 0.614. The lowest BCUT2D eigenvalue weighted by molar-refractivity contribution is -0.138. The van der Waals surface area contributed by atoms with Crippen molar-refractivity contribution in [3.63, 3.8) is 0 Å². The average molecular weight is 498 g/mol. The van der Waals surface area contributed by atoms with E-state index in [0.29, 0.717) is 44.1 Å². The second kappa shape index (κ2) is 10.4. The molecule has 0 radical (unpaired) electrons. The van der Waals surface area contributed by atoms with Gasteiger partial charge in [0.1, 0.15) is 5.60 Å². The molecule has 3 rings (SSSR count). The molecule has 0 saturated carbocycles. The van der Waals surface area contributed by atoms with Crippen LogP contribution in [-0.4, -0.2) is 93.6 Å². The maximum Gasteiger partial charge on any atom is 0.410 e. The zero-order chi connectivity index (χ0) is 25.1. The van der Waals surface area contributed by atoms with Gasteiger partial charge in [0.25, 0.3) is 0 Å². The lowest BCUT2D eigenvalue weighted by atomic mass is 9.96. The number of carbonyl (C=O) groups is 2. The van der Waals surface area contributed by atoms with Crippen LogP contribution in [0.3, 0.4) is 0 Å². The van der Waals surface area contributed by atoms with E-state index in [4.69, 9.17) is 14.2 Å². The smallest absolute Gasteiger partial charge is 0.410 e. The predicted octanol–water partition coefficient (Wildman–Crippen LogP) is 2.18. The molecule has 1 atom stereocenters. The van der Waals surface area contributed by atoms with E-state index >= 15 is 0 Å². The number of hydrogen-bond donors (Lipinski definition) is 0. The Morgan fingerprint density at radius 2 is 1.59 bits per heavy atom. The summed E-state index contributed by atoms with van der Waals surface area (Å²) in [6.45, 7) is 7.32. The van der Waals surface area contributed by atoms with Crippen LogP contribution >= 0.6 is 0 Å². The van der Waals surface area contributed by atoms with Crippen LogP contribution in [0.25, 0.3) is 0 Å². The number of nitrogens with zero attached hydrogens (tertiary/aromatic N) is 3. The van der Waals surface area contributed by atoms with Crippen LogP contribution in [0.5, 0.6) is 11.5 Å². The highest BCUT2D eigenvalue weighted by Gasteiger charge is 2.36. The maximum atomic E-state index is 13.1. The molecular weight excluding hydrogens is 462 g/mol. The van der Waals surface area contributed by atoms with Gasteiger partial charge in [0, 0.05) is 45.3 Å². The molecule has 1 aromatic carbocycles. The third kappa shape index (κ3) is 5.93. The lowest BCUT2D eigenvalue weighted by Gasteiger charge is -2.38. The maximum absolute atomic E-state index is 13.1. The van der Waals surface area contributed by atoms with Crippen molar-refractivity contribution >= 4 is 22.0 Å². The van der Waals surface area contributed by atoms with E-state index in [1.165, 1.54) is 30.7 Å². The number of amides is 2. The second-order valence-electron chi connectivity index (χ2n) is 9.51. The second-order valence-corrected chi connectivity index (χ2v) is 11.4. The van der Waals surface area contributed by atoms with Gasteiger partial charge in [-0.2, -0.15) is 4.31 Å².